The standard InChI is InChI=1S/C13H22N2S/c1-3-5-12(15-8-4-2)11-16-13-6-9-14-10-7-13/h6-7,9-10,12,15H,3-5,8,11H2,1-2H3. The molecule has 2 nitrogen and oxygen atoms in total. The first-order valence-electron chi connectivity index (χ1n) is 6.13. The van der Waals surface area contributed by atoms with Gasteiger partial charge in [0.1, 0.15) is 0 Å². The van der Waals surface area contributed by atoms with Crippen LogP contribution in [0.1, 0.15) is 33.1 Å². The molecule has 1 atom stereocenters. The molecule has 1 N–H and O–H groups in total. The summed E-state index contributed by atoms with van der Waals surface area (Å²) in [5.74, 6) is 1.15. The molecule has 0 aliphatic rings. The number of nitrogens with one attached hydrogen (secondary N) is 1. The third kappa shape index (κ3) is 5.52. The van der Waals surface area contributed by atoms with Crippen LogP contribution in [0.25, 0.3) is 0 Å². The normalized spacial score (nSPS) is 12.6. The monoisotopic (exact) mass is 238 g/mol. The molecule has 0 aliphatic carbocycles. The van der Waals surface area contributed by atoms with Crippen LogP contribution in [0.3, 0.4) is 0 Å². The Balaban J connectivity index is 2.31. The van der Waals surface area contributed by atoms with E-state index < -0.39 is 0 Å². The Morgan fingerprint density at radius 3 is 2.62 bits per heavy atom. The molecule has 0 saturated heterocycles. The molecule has 0 bridgehead atoms. The molecule has 90 valence electrons. The summed E-state index contributed by atoms with van der Waals surface area (Å²) in [6.45, 7) is 5.59. The fourth-order valence-corrected chi connectivity index (χ4v) is 2.56. The van der Waals surface area contributed by atoms with Gasteiger partial charge in [-0.2, -0.15) is 0 Å². The number of pyridine rings is 1. The molecule has 0 aliphatic heterocycles. The summed E-state index contributed by atoms with van der Waals surface area (Å²) in [5, 5.41) is 3.60. The topological polar surface area (TPSA) is 24.9 Å². The lowest BCUT2D eigenvalue weighted by Crippen LogP contribution is -2.31. The quantitative estimate of drug-likeness (QED) is 0.703. The van der Waals surface area contributed by atoms with Gasteiger partial charge in [-0.05, 0) is 31.5 Å². The largest absolute Gasteiger partial charge is 0.313 e. The molecule has 1 aromatic rings. The molecule has 1 unspecified atom stereocenters. The lowest BCUT2D eigenvalue weighted by atomic mass is 10.2. The van der Waals surface area contributed by atoms with Gasteiger partial charge in [0.15, 0.2) is 0 Å². The minimum atomic E-state index is 0.642. The molecular weight excluding hydrogens is 216 g/mol. The van der Waals surface area contributed by atoms with Crippen molar-refractivity contribution in [1.29, 1.82) is 0 Å². The summed E-state index contributed by atoms with van der Waals surface area (Å²) in [6, 6.07) is 4.80. The van der Waals surface area contributed by atoms with Gasteiger partial charge in [-0.3, -0.25) is 4.98 Å². The van der Waals surface area contributed by atoms with E-state index in [4.69, 9.17) is 0 Å². The molecule has 3 heteroatoms. The van der Waals surface area contributed by atoms with Crippen LogP contribution in [-0.4, -0.2) is 23.3 Å². The molecule has 1 heterocycles. The zero-order valence-corrected chi connectivity index (χ0v) is 11.1. The SMILES string of the molecule is CCCNC(CCC)CSc1ccncc1. The summed E-state index contributed by atoms with van der Waals surface area (Å²) in [6.07, 6.45) is 7.43. The number of thioether (sulfide) groups is 1. The van der Waals surface area contributed by atoms with E-state index in [0.29, 0.717) is 6.04 Å². The van der Waals surface area contributed by atoms with Crippen molar-refractivity contribution in [1.82, 2.24) is 10.3 Å². The lowest BCUT2D eigenvalue weighted by Gasteiger charge is -2.17. The molecule has 0 saturated carbocycles. The average molecular weight is 238 g/mol. The zero-order chi connectivity index (χ0) is 11.6. The third-order valence-corrected chi connectivity index (χ3v) is 3.60. The van der Waals surface area contributed by atoms with Gasteiger partial charge in [0.05, 0.1) is 0 Å². The Morgan fingerprint density at radius 2 is 2.00 bits per heavy atom. The van der Waals surface area contributed by atoms with Crippen LogP contribution >= 0.6 is 11.8 Å². The number of hydrogen-bond acceptors (Lipinski definition) is 3. The minimum absolute atomic E-state index is 0.642. The van der Waals surface area contributed by atoms with Gasteiger partial charge in [-0.15, -0.1) is 11.8 Å². The van der Waals surface area contributed by atoms with Crippen molar-refractivity contribution in [3.63, 3.8) is 0 Å². The van der Waals surface area contributed by atoms with Gasteiger partial charge in [-0.1, -0.05) is 20.3 Å². The highest BCUT2D eigenvalue weighted by Gasteiger charge is 2.06. The highest BCUT2D eigenvalue weighted by Crippen LogP contribution is 2.18. The van der Waals surface area contributed by atoms with E-state index in [2.05, 4.69) is 36.3 Å². The maximum Gasteiger partial charge on any atom is 0.0278 e. The van der Waals surface area contributed by atoms with E-state index in [1.807, 2.05) is 24.2 Å². The van der Waals surface area contributed by atoms with Crippen molar-refractivity contribution in [3.05, 3.63) is 24.5 Å². The van der Waals surface area contributed by atoms with Crippen molar-refractivity contribution in [3.8, 4) is 0 Å². The van der Waals surface area contributed by atoms with E-state index in [1.54, 1.807) is 0 Å². The summed E-state index contributed by atoms with van der Waals surface area (Å²) >= 11 is 1.92. The van der Waals surface area contributed by atoms with E-state index in [0.717, 1.165) is 12.3 Å². The van der Waals surface area contributed by atoms with Crippen LogP contribution in [0.4, 0.5) is 0 Å². The van der Waals surface area contributed by atoms with Crippen molar-refractivity contribution in [2.45, 2.75) is 44.0 Å². The highest BCUT2D eigenvalue weighted by molar-refractivity contribution is 7.99. The summed E-state index contributed by atoms with van der Waals surface area (Å²) < 4.78 is 0. The summed E-state index contributed by atoms with van der Waals surface area (Å²) in [5.41, 5.74) is 0. The van der Waals surface area contributed by atoms with Crippen LogP contribution in [0.2, 0.25) is 0 Å². The third-order valence-electron chi connectivity index (χ3n) is 2.42. The maximum absolute atomic E-state index is 4.03. The van der Waals surface area contributed by atoms with Crippen LogP contribution in [0.15, 0.2) is 29.4 Å². The average Bonchev–Trinajstić information content (AvgIpc) is 2.34. The van der Waals surface area contributed by atoms with E-state index >= 15 is 0 Å². The van der Waals surface area contributed by atoms with Crippen LogP contribution in [0, 0.1) is 0 Å². The van der Waals surface area contributed by atoms with Crippen molar-refractivity contribution in [2.24, 2.45) is 0 Å². The fraction of sp³-hybridized carbons (Fsp3) is 0.615. The number of rotatable bonds is 8. The van der Waals surface area contributed by atoms with Gasteiger partial charge in [0.2, 0.25) is 0 Å². The molecule has 1 aromatic heterocycles. The van der Waals surface area contributed by atoms with Crippen LogP contribution in [-0.2, 0) is 0 Å². The first-order chi connectivity index (χ1) is 7.86. The lowest BCUT2D eigenvalue weighted by molar-refractivity contribution is 0.514. The summed E-state index contributed by atoms with van der Waals surface area (Å²) in [4.78, 5) is 5.34. The number of hydrogen-bond donors (Lipinski definition) is 1. The van der Waals surface area contributed by atoms with Crippen molar-refractivity contribution in [2.75, 3.05) is 12.3 Å². The number of aromatic nitrogens is 1. The predicted molar refractivity (Wildman–Crippen MR) is 72.0 cm³/mol. The first-order valence-corrected chi connectivity index (χ1v) is 7.11. The molecule has 0 radical (unpaired) electrons. The highest BCUT2D eigenvalue weighted by atomic mass is 32.2. The molecule has 0 fully saturated rings. The fourth-order valence-electron chi connectivity index (χ4n) is 1.57. The van der Waals surface area contributed by atoms with E-state index in [1.165, 1.54) is 24.2 Å². The molecular formula is C13H22N2S. The molecule has 0 aromatic carbocycles. The minimum Gasteiger partial charge on any atom is -0.313 e. The Hall–Kier alpha value is -0.540. The first kappa shape index (κ1) is 13.5. The maximum atomic E-state index is 4.03. The Kier molecular flexibility index (Phi) is 7.26. The van der Waals surface area contributed by atoms with Gasteiger partial charge < -0.3 is 5.32 Å². The molecule has 0 spiro atoms. The Bertz CT molecular complexity index is 264. The second kappa shape index (κ2) is 8.59. The van der Waals surface area contributed by atoms with Gasteiger partial charge in [-0.25, -0.2) is 0 Å². The summed E-state index contributed by atoms with van der Waals surface area (Å²) in [7, 11) is 0. The Labute approximate surface area is 103 Å². The van der Waals surface area contributed by atoms with Gasteiger partial charge in [0.25, 0.3) is 0 Å². The molecule has 16 heavy (non-hydrogen) atoms. The smallest absolute Gasteiger partial charge is 0.0278 e. The zero-order valence-electron chi connectivity index (χ0n) is 10.3. The number of nitrogens with zero attached hydrogens (tertiary/aromatic N) is 1. The molecule has 1 rings (SSSR count). The van der Waals surface area contributed by atoms with Gasteiger partial charge in [0, 0.05) is 29.1 Å². The van der Waals surface area contributed by atoms with Gasteiger partial charge >= 0.3 is 0 Å². The second-order valence-corrected chi connectivity index (χ2v) is 5.03. The Morgan fingerprint density at radius 1 is 1.25 bits per heavy atom. The van der Waals surface area contributed by atoms with Crippen LogP contribution < -0.4 is 5.32 Å². The van der Waals surface area contributed by atoms with Crippen molar-refractivity contribution >= 4 is 11.8 Å². The van der Waals surface area contributed by atoms with E-state index in [-0.39, 0.29) is 0 Å². The second-order valence-electron chi connectivity index (χ2n) is 3.93. The van der Waals surface area contributed by atoms with E-state index in [9.17, 15) is 0 Å². The van der Waals surface area contributed by atoms with Crippen LogP contribution in [0.5, 0.6) is 0 Å². The molecule has 0 amide bonds. The van der Waals surface area contributed by atoms with Crippen molar-refractivity contribution < 1.29 is 0 Å². The predicted octanol–water partition coefficient (Wildman–Crippen LogP) is 3.34.